The fourth-order valence-corrected chi connectivity index (χ4v) is 1.92. The Balaban J connectivity index is 2.09. The predicted molar refractivity (Wildman–Crippen MR) is 59.0 cm³/mol. The van der Waals surface area contributed by atoms with Gasteiger partial charge in [0.15, 0.2) is 5.65 Å². The molecule has 0 unspecified atom stereocenters. The maximum atomic E-state index is 11.2. The number of aromatic nitrogens is 4. The molecule has 0 radical (unpaired) electrons. The molecule has 0 aliphatic rings. The van der Waals surface area contributed by atoms with E-state index in [0.29, 0.717) is 22.8 Å². The summed E-state index contributed by atoms with van der Waals surface area (Å²) in [5.41, 5.74) is 1.35. The van der Waals surface area contributed by atoms with Crippen LogP contribution >= 0.6 is 11.8 Å². The summed E-state index contributed by atoms with van der Waals surface area (Å²) < 4.78 is 4.83. The van der Waals surface area contributed by atoms with Gasteiger partial charge in [-0.3, -0.25) is 4.79 Å². The monoisotopic (exact) mass is 238 g/mol. The standard InChI is InChI=1S/C9H10N4O2S/c1-2-15-6(14)3-16-9-7-8(11-4-10-7)12-5-13-9/h4-5H,2-3H2,1H3,(H,10,11,12,13). The molecule has 2 aromatic heterocycles. The maximum Gasteiger partial charge on any atom is 0.316 e. The minimum atomic E-state index is -0.255. The normalized spacial score (nSPS) is 10.6. The van der Waals surface area contributed by atoms with Gasteiger partial charge in [-0.1, -0.05) is 11.8 Å². The van der Waals surface area contributed by atoms with Crippen LogP contribution in [0.15, 0.2) is 17.7 Å². The second kappa shape index (κ2) is 4.93. The van der Waals surface area contributed by atoms with Crippen molar-refractivity contribution in [2.45, 2.75) is 11.9 Å². The number of fused-ring (bicyclic) bond motifs is 1. The lowest BCUT2D eigenvalue weighted by molar-refractivity contribution is -0.139. The van der Waals surface area contributed by atoms with Crippen LogP contribution in [-0.2, 0) is 9.53 Å². The molecule has 6 nitrogen and oxygen atoms in total. The number of hydrogen-bond donors (Lipinski definition) is 1. The number of carbonyl (C=O) groups excluding carboxylic acids is 1. The summed E-state index contributed by atoms with van der Waals surface area (Å²) in [6.45, 7) is 2.17. The van der Waals surface area contributed by atoms with Crippen LogP contribution < -0.4 is 0 Å². The summed E-state index contributed by atoms with van der Waals surface area (Å²) in [7, 11) is 0. The van der Waals surface area contributed by atoms with Gasteiger partial charge in [-0.2, -0.15) is 0 Å². The average Bonchev–Trinajstić information content (AvgIpc) is 2.75. The van der Waals surface area contributed by atoms with Gasteiger partial charge in [0.2, 0.25) is 0 Å². The number of rotatable bonds is 4. The molecule has 0 saturated heterocycles. The van der Waals surface area contributed by atoms with Crippen LogP contribution in [0.4, 0.5) is 0 Å². The second-order valence-electron chi connectivity index (χ2n) is 2.87. The number of aromatic amines is 1. The van der Waals surface area contributed by atoms with Gasteiger partial charge in [0.25, 0.3) is 0 Å². The SMILES string of the molecule is CCOC(=O)CSc1ncnc2[nH]cnc12. The van der Waals surface area contributed by atoms with Crippen LogP contribution in [0.1, 0.15) is 6.92 Å². The first-order valence-corrected chi connectivity index (χ1v) is 5.72. The molecule has 2 rings (SSSR count). The van der Waals surface area contributed by atoms with Crippen LogP contribution in [-0.4, -0.2) is 38.3 Å². The topological polar surface area (TPSA) is 80.8 Å². The van der Waals surface area contributed by atoms with Gasteiger partial charge in [-0.15, -0.1) is 0 Å². The van der Waals surface area contributed by atoms with Crippen molar-refractivity contribution in [3.63, 3.8) is 0 Å². The highest BCUT2D eigenvalue weighted by atomic mass is 32.2. The molecule has 16 heavy (non-hydrogen) atoms. The largest absolute Gasteiger partial charge is 0.465 e. The number of imidazole rings is 1. The Bertz CT molecular complexity index is 499. The number of H-pyrrole nitrogens is 1. The van der Waals surface area contributed by atoms with Crippen molar-refractivity contribution in [1.82, 2.24) is 19.9 Å². The van der Waals surface area contributed by atoms with Crippen LogP contribution in [0, 0.1) is 0 Å². The molecule has 2 heterocycles. The van der Waals surface area contributed by atoms with Gasteiger partial charge in [0.1, 0.15) is 16.9 Å². The molecule has 0 aliphatic heterocycles. The van der Waals surface area contributed by atoms with Crippen molar-refractivity contribution in [3.05, 3.63) is 12.7 Å². The predicted octanol–water partition coefficient (Wildman–Crippen LogP) is 1.01. The molecule has 7 heteroatoms. The number of carbonyl (C=O) groups is 1. The van der Waals surface area contributed by atoms with Gasteiger partial charge in [0.05, 0.1) is 18.7 Å². The second-order valence-corrected chi connectivity index (χ2v) is 3.84. The van der Waals surface area contributed by atoms with Crippen molar-refractivity contribution < 1.29 is 9.53 Å². The van der Waals surface area contributed by atoms with Crippen LogP contribution in [0.2, 0.25) is 0 Å². The molecule has 0 spiro atoms. The Morgan fingerprint density at radius 3 is 3.19 bits per heavy atom. The maximum absolute atomic E-state index is 11.2. The van der Waals surface area contributed by atoms with Crippen molar-refractivity contribution in [3.8, 4) is 0 Å². The Morgan fingerprint density at radius 1 is 1.50 bits per heavy atom. The molecular weight excluding hydrogens is 228 g/mol. The number of nitrogens with one attached hydrogen (secondary N) is 1. The van der Waals surface area contributed by atoms with Crippen LogP contribution in [0.25, 0.3) is 11.2 Å². The summed E-state index contributed by atoms with van der Waals surface area (Å²) in [4.78, 5) is 26.2. The zero-order valence-electron chi connectivity index (χ0n) is 8.64. The molecule has 84 valence electrons. The quantitative estimate of drug-likeness (QED) is 0.486. The molecule has 0 bridgehead atoms. The third kappa shape index (κ3) is 2.30. The Hall–Kier alpha value is -1.63. The molecular formula is C9H10N4O2S. The summed E-state index contributed by atoms with van der Waals surface area (Å²) in [6, 6.07) is 0. The Kier molecular flexibility index (Phi) is 3.35. The lowest BCUT2D eigenvalue weighted by Gasteiger charge is -2.01. The van der Waals surface area contributed by atoms with E-state index in [2.05, 4.69) is 19.9 Å². The van der Waals surface area contributed by atoms with Gasteiger partial charge >= 0.3 is 5.97 Å². The highest BCUT2D eigenvalue weighted by molar-refractivity contribution is 8.00. The minimum absolute atomic E-state index is 0.229. The van der Waals surface area contributed by atoms with Gasteiger partial charge in [-0.05, 0) is 6.92 Å². The smallest absolute Gasteiger partial charge is 0.316 e. The number of esters is 1. The van der Waals surface area contributed by atoms with E-state index >= 15 is 0 Å². The molecule has 1 N–H and O–H groups in total. The zero-order chi connectivity index (χ0) is 11.4. The highest BCUT2D eigenvalue weighted by Gasteiger charge is 2.09. The lowest BCUT2D eigenvalue weighted by atomic mass is 10.6. The summed E-state index contributed by atoms with van der Waals surface area (Å²) >= 11 is 1.29. The third-order valence-corrected chi connectivity index (χ3v) is 2.77. The third-order valence-electron chi connectivity index (χ3n) is 1.82. The molecule has 0 aromatic carbocycles. The first-order chi connectivity index (χ1) is 7.81. The fourth-order valence-electron chi connectivity index (χ4n) is 1.18. The Morgan fingerprint density at radius 2 is 2.38 bits per heavy atom. The summed E-state index contributed by atoms with van der Waals surface area (Å²) in [6.07, 6.45) is 2.99. The van der Waals surface area contributed by atoms with E-state index in [4.69, 9.17) is 4.74 Å². The molecule has 0 atom stereocenters. The van der Waals surface area contributed by atoms with Gasteiger partial charge < -0.3 is 9.72 Å². The summed E-state index contributed by atoms with van der Waals surface area (Å²) in [5, 5.41) is 0.680. The first-order valence-electron chi connectivity index (χ1n) is 4.73. The van der Waals surface area contributed by atoms with Crippen LogP contribution in [0.3, 0.4) is 0 Å². The number of thioether (sulfide) groups is 1. The van der Waals surface area contributed by atoms with Crippen molar-refractivity contribution in [1.29, 1.82) is 0 Å². The van der Waals surface area contributed by atoms with Crippen molar-refractivity contribution >= 4 is 28.9 Å². The van der Waals surface area contributed by atoms with E-state index in [-0.39, 0.29) is 11.7 Å². The summed E-state index contributed by atoms with van der Waals surface area (Å²) in [5.74, 6) is -0.0258. The van der Waals surface area contributed by atoms with Crippen molar-refractivity contribution in [2.75, 3.05) is 12.4 Å². The van der Waals surface area contributed by atoms with E-state index in [9.17, 15) is 4.79 Å². The van der Waals surface area contributed by atoms with Gasteiger partial charge in [0, 0.05) is 0 Å². The van der Waals surface area contributed by atoms with E-state index in [1.165, 1.54) is 18.1 Å². The van der Waals surface area contributed by atoms with E-state index in [1.54, 1.807) is 13.3 Å². The van der Waals surface area contributed by atoms with Crippen LogP contribution in [0.5, 0.6) is 0 Å². The molecule has 0 saturated carbocycles. The highest BCUT2D eigenvalue weighted by Crippen LogP contribution is 2.21. The molecule has 0 amide bonds. The number of ether oxygens (including phenoxy) is 1. The van der Waals surface area contributed by atoms with E-state index < -0.39 is 0 Å². The molecule has 2 aromatic rings. The first kappa shape index (κ1) is 10.9. The van der Waals surface area contributed by atoms with E-state index in [0.717, 1.165) is 0 Å². The number of hydrogen-bond acceptors (Lipinski definition) is 6. The number of nitrogens with zero attached hydrogens (tertiary/aromatic N) is 3. The molecule has 0 fully saturated rings. The zero-order valence-corrected chi connectivity index (χ0v) is 9.45. The minimum Gasteiger partial charge on any atom is -0.465 e. The fraction of sp³-hybridized carbons (Fsp3) is 0.333. The lowest BCUT2D eigenvalue weighted by Crippen LogP contribution is -2.06. The molecule has 0 aliphatic carbocycles. The van der Waals surface area contributed by atoms with Gasteiger partial charge in [-0.25, -0.2) is 15.0 Å². The van der Waals surface area contributed by atoms with Crippen molar-refractivity contribution in [2.24, 2.45) is 0 Å². The Labute approximate surface area is 95.8 Å². The van der Waals surface area contributed by atoms with E-state index in [1.807, 2.05) is 0 Å². The average molecular weight is 238 g/mol.